The van der Waals surface area contributed by atoms with Crippen LogP contribution in [0.4, 0.5) is 5.69 Å². The Balaban J connectivity index is 2.08. The van der Waals surface area contributed by atoms with Crippen LogP contribution in [-0.2, 0) is 32.6 Å². The first-order valence-electron chi connectivity index (χ1n) is 12.7. The SMILES string of the molecule is Cc1cccc(CN(C(=O)CN(c2cccc(Br)c2)S(C)(=O)=O)[C@@H](Cc2ccccc2)C(=O)NC(C)(C)C)c1. The Hall–Kier alpha value is -3.17. The van der Waals surface area contributed by atoms with Crippen LogP contribution >= 0.6 is 15.9 Å². The second kappa shape index (κ2) is 12.8. The first-order valence-corrected chi connectivity index (χ1v) is 15.3. The Bertz CT molecular complexity index is 1400. The number of anilines is 1. The number of nitrogens with zero attached hydrogens (tertiary/aromatic N) is 2. The van der Waals surface area contributed by atoms with Crippen molar-refractivity contribution in [1.82, 2.24) is 10.2 Å². The number of halogens is 1. The van der Waals surface area contributed by atoms with Gasteiger partial charge in [0.05, 0.1) is 11.9 Å². The number of sulfonamides is 1. The molecule has 0 radical (unpaired) electrons. The lowest BCUT2D eigenvalue weighted by Crippen LogP contribution is -2.56. The molecule has 0 aliphatic rings. The standard InChI is InChI=1S/C30H36BrN3O4S/c1-22-11-9-14-24(17-22)20-33(27(29(36)32-30(2,3)4)18-23-12-7-6-8-13-23)28(35)21-34(39(5,37)38)26-16-10-15-25(31)19-26/h6-17,19,27H,18,20-21H2,1-5H3,(H,32,36)/t27-/m0/s1. The van der Waals surface area contributed by atoms with E-state index in [1.165, 1.54) is 4.90 Å². The fraction of sp³-hybridized carbons (Fsp3) is 0.333. The maximum atomic E-state index is 14.1. The second-order valence-electron chi connectivity index (χ2n) is 10.7. The Morgan fingerprint density at radius 2 is 1.56 bits per heavy atom. The van der Waals surface area contributed by atoms with Gasteiger partial charge in [-0.25, -0.2) is 8.42 Å². The average molecular weight is 615 g/mol. The van der Waals surface area contributed by atoms with Crippen molar-refractivity contribution in [1.29, 1.82) is 0 Å². The van der Waals surface area contributed by atoms with E-state index in [1.54, 1.807) is 24.3 Å². The van der Waals surface area contributed by atoms with Crippen LogP contribution in [0, 0.1) is 6.92 Å². The summed E-state index contributed by atoms with van der Waals surface area (Å²) in [5, 5.41) is 3.02. The second-order valence-corrected chi connectivity index (χ2v) is 13.5. The van der Waals surface area contributed by atoms with Gasteiger partial charge in [-0.1, -0.05) is 82.2 Å². The van der Waals surface area contributed by atoms with E-state index in [0.717, 1.165) is 27.3 Å². The van der Waals surface area contributed by atoms with Crippen molar-refractivity contribution in [2.45, 2.75) is 52.2 Å². The van der Waals surface area contributed by atoms with E-state index in [-0.39, 0.29) is 18.9 Å². The van der Waals surface area contributed by atoms with E-state index >= 15 is 0 Å². The molecule has 3 aromatic rings. The molecular weight excluding hydrogens is 578 g/mol. The van der Waals surface area contributed by atoms with Crippen LogP contribution in [-0.4, -0.2) is 49.5 Å². The zero-order valence-corrected chi connectivity index (χ0v) is 25.4. The summed E-state index contributed by atoms with van der Waals surface area (Å²) in [6.45, 7) is 7.31. The normalized spacial score (nSPS) is 12.5. The Kier molecular flexibility index (Phi) is 9.96. The minimum Gasteiger partial charge on any atom is -0.350 e. The molecule has 0 aliphatic heterocycles. The highest BCUT2D eigenvalue weighted by Gasteiger charge is 2.34. The summed E-state index contributed by atoms with van der Waals surface area (Å²) in [6.07, 6.45) is 1.34. The molecule has 0 saturated heterocycles. The predicted octanol–water partition coefficient (Wildman–Crippen LogP) is 5.08. The summed E-state index contributed by atoms with van der Waals surface area (Å²) in [7, 11) is -3.81. The highest BCUT2D eigenvalue weighted by atomic mass is 79.9. The third-order valence-corrected chi connectivity index (χ3v) is 7.61. The van der Waals surface area contributed by atoms with Crippen LogP contribution in [0.5, 0.6) is 0 Å². The maximum Gasteiger partial charge on any atom is 0.244 e. The van der Waals surface area contributed by atoms with Gasteiger partial charge in [0.2, 0.25) is 21.8 Å². The number of nitrogens with one attached hydrogen (secondary N) is 1. The lowest BCUT2D eigenvalue weighted by atomic mass is 10.0. The molecule has 208 valence electrons. The highest BCUT2D eigenvalue weighted by Crippen LogP contribution is 2.24. The highest BCUT2D eigenvalue weighted by molar-refractivity contribution is 9.10. The zero-order valence-electron chi connectivity index (χ0n) is 23.0. The smallest absolute Gasteiger partial charge is 0.244 e. The zero-order chi connectivity index (χ0) is 28.8. The first-order chi connectivity index (χ1) is 18.2. The number of hydrogen-bond donors (Lipinski definition) is 1. The third kappa shape index (κ3) is 9.21. The van der Waals surface area contributed by atoms with Crippen LogP contribution in [0.2, 0.25) is 0 Å². The lowest BCUT2D eigenvalue weighted by Gasteiger charge is -2.35. The fourth-order valence-electron chi connectivity index (χ4n) is 4.26. The van der Waals surface area contributed by atoms with E-state index < -0.39 is 34.1 Å². The maximum absolute atomic E-state index is 14.1. The quantitative estimate of drug-likeness (QED) is 0.345. The number of benzene rings is 3. The summed E-state index contributed by atoms with van der Waals surface area (Å²) in [5.41, 5.74) is 2.58. The summed E-state index contributed by atoms with van der Waals surface area (Å²) < 4.78 is 27.5. The van der Waals surface area contributed by atoms with Gasteiger partial charge in [0.15, 0.2) is 0 Å². The van der Waals surface area contributed by atoms with Crippen molar-refractivity contribution >= 4 is 43.5 Å². The fourth-order valence-corrected chi connectivity index (χ4v) is 5.49. The van der Waals surface area contributed by atoms with Crippen LogP contribution in [0.25, 0.3) is 0 Å². The van der Waals surface area contributed by atoms with Crippen LogP contribution in [0.1, 0.15) is 37.5 Å². The predicted molar refractivity (Wildman–Crippen MR) is 160 cm³/mol. The number of carbonyl (C=O) groups is 2. The molecule has 0 saturated carbocycles. The van der Waals surface area contributed by atoms with Crippen molar-refractivity contribution in [3.05, 3.63) is 100 Å². The van der Waals surface area contributed by atoms with E-state index in [9.17, 15) is 18.0 Å². The molecule has 1 N–H and O–H groups in total. The molecule has 7 nitrogen and oxygen atoms in total. The Labute approximate surface area is 240 Å². The molecule has 1 atom stereocenters. The summed E-state index contributed by atoms with van der Waals surface area (Å²) in [5.74, 6) is -0.785. The monoisotopic (exact) mass is 613 g/mol. The molecule has 0 bridgehead atoms. The van der Waals surface area contributed by atoms with Gasteiger partial charge in [-0.3, -0.25) is 13.9 Å². The Morgan fingerprint density at radius 1 is 0.923 bits per heavy atom. The largest absolute Gasteiger partial charge is 0.350 e. The number of rotatable bonds is 10. The van der Waals surface area contributed by atoms with Crippen LogP contribution < -0.4 is 9.62 Å². The van der Waals surface area contributed by atoms with E-state index in [4.69, 9.17) is 0 Å². The minimum atomic E-state index is -3.81. The third-order valence-electron chi connectivity index (χ3n) is 5.98. The first kappa shape index (κ1) is 30.4. The molecule has 0 aliphatic carbocycles. The Morgan fingerprint density at radius 3 is 2.15 bits per heavy atom. The summed E-state index contributed by atoms with van der Waals surface area (Å²) >= 11 is 3.38. The van der Waals surface area contributed by atoms with Gasteiger partial charge in [-0.2, -0.15) is 0 Å². The topological polar surface area (TPSA) is 86.8 Å². The number of amides is 2. The van der Waals surface area contributed by atoms with Gasteiger partial charge in [-0.05, 0) is 57.0 Å². The molecule has 0 spiro atoms. The molecule has 2 amide bonds. The van der Waals surface area contributed by atoms with Crippen molar-refractivity contribution < 1.29 is 18.0 Å². The van der Waals surface area contributed by atoms with E-state index in [2.05, 4.69) is 21.2 Å². The minimum absolute atomic E-state index is 0.145. The molecule has 0 unspecified atom stereocenters. The average Bonchev–Trinajstić information content (AvgIpc) is 2.83. The van der Waals surface area contributed by atoms with Crippen molar-refractivity contribution in [2.24, 2.45) is 0 Å². The molecule has 0 fully saturated rings. The summed E-state index contributed by atoms with van der Waals surface area (Å²) in [6, 6.07) is 23.1. The van der Waals surface area contributed by atoms with Gasteiger partial charge >= 0.3 is 0 Å². The van der Waals surface area contributed by atoms with Gasteiger partial charge in [0.1, 0.15) is 12.6 Å². The molecule has 0 heterocycles. The summed E-state index contributed by atoms with van der Waals surface area (Å²) in [4.78, 5) is 29.3. The molecule has 3 aromatic carbocycles. The van der Waals surface area contributed by atoms with Gasteiger partial charge < -0.3 is 10.2 Å². The molecular formula is C30H36BrN3O4S. The molecule has 9 heteroatoms. The van der Waals surface area contributed by atoms with Crippen molar-refractivity contribution in [2.75, 3.05) is 17.1 Å². The van der Waals surface area contributed by atoms with E-state index in [0.29, 0.717) is 10.2 Å². The molecule has 3 rings (SSSR count). The lowest BCUT2D eigenvalue weighted by molar-refractivity contribution is -0.140. The van der Waals surface area contributed by atoms with Crippen LogP contribution in [0.15, 0.2) is 83.3 Å². The van der Waals surface area contributed by atoms with Gasteiger partial charge in [0.25, 0.3) is 0 Å². The molecule has 39 heavy (non-hydrogen) atoms. The number of carbonyl (C=O) groups excluding carboxylic acids is 2. The van der Waals surface area contributed by atoms with Crippen molar-refractivity contribution in [3.8, 4) is 0 Å². The number of aryl methyl sites for hydroxylation is 1. The van der Waals surface area contributed by atoms with Crippen molar-refractivity contribution in [3.63, 3.8) is 0 Å². The molecule has 0 aromatic heterocycles. The van der Waals surface area contributed by atoms with Gasteiger partial charge in [-0.15, -0.1) is 0 Å². The van der Waals surface area contributed by atoms with Gasteiger partial charge in [0, 0.05) is 23.0 Å². The number of hydrogen-bond acceptors (Lipinski definition) is 4. The van der Waals surface area contributed by atoms with E-state index in [1.807, 2.05) is 82.3 Å². The van der Waals surface area contributed by atoms with Crippen LogP contribution in [0.3, 0.4) is 0 Å².